The van der Waals surface area contributed by atoms with Crippen LogP contribution < -0.4 is 22.1 Å². The number of carboxylic acids is 1. The van der Waals surface area contributed by atoms with Crippen molar-refractivity contribution in [3.63, 3.8) is 0 Å². The highest BCUT2D eigenvalue weighted by atomic mass is 35.5. The molecule has 0 aromatic heterocycles. The maximum atomic E-state index is 14.4. The number of carbonyl (C=O) groups is 5. The number of ketones is 1. The van der Waals surface area contributed by atoms with Crippen LogP contribution in [0.3, 0.4) is 0 Å². The summed E-state index contributed by atoms with van der Waals surface area (Å²) in [6.07, 6.45) is 5.94. The second-order valence-electron chi connectivity index (χ2n) is 23.7. The minimum Gasteiger partial charge on any atom is -0.481 e. The number of aliphatic hydroxyl groups is 1. The number of nitrogens with two attached hydrogens (primary N) is 2. The monoisotopic (exact) mass is 921 g/mol. The highest BCUT2D eigenvalue weighted by molar-refractivity contribution is 6.30. The first kappa shape index (κ1) is 49.6. The molecule has 7 rings (SSSR count). The van der Waals surface area contributed by atoms with Crippen LogP contribution in [0.25, 0.3) is 0 Å². The molecule has 0 bridgehead atoms. The first-order valence-electron chi connectivity index (χ1n) is 24.4. The van der Waals surface area contributed by atoms with E-state index in [0.717, 1.165) is 36.8 Å². The SMILES string of the molecule is CC(C)C1=C2[C@@]([C@@H](O)CNC(=O)C(CCCN)NC(=O)c3ccc(Cl)cc3)(CC[C@@]3(C)C4(C)CC[C@@]5(C)C(C)(C)[C@@H](OC(=O)[C@H]6C[C@@H](C(=O)O)C6(C)C)CC[C@]5(C)[C@H]4CC[C@]23N)CC1=O. The van der Waals surface area contributed by atoms with Crippen molar-refractivity contribution in [2.45, 2.75) is 170 Å². The molecule has 65 heavy (non-hydrogen) atoms. The van der Waals surface area contributed by atoms with Crippen molar-refractivity contribution < 1.29 is 38.9 Å². The molecule has 2 amide bonds. The zero-order valence-electron chi connectivity index (χ0n) is 40.6. The average molecular weight is 922 g/mol. The zero-order chi connectivity index (χ0) is 48.1. The number of aliphatic carboxylic acids is 1. The number of hydrogen-bond acceptors (Lipinski definition) is 9. The van der Waals surface area contributed by atoms with Crippen LogP contribution in [0.5, 0.6) is 0 Å². The number of carboxylic acid groups (broad SMARTS) is 1. The van der Waals surface area contributed by atoms with E-state index in [0.29, 0.717) is 62.1 Å². The summed E-state index contributed by atoms with van der Waals surface area (Å²) in [4.78, 5) is 67.1. The van der Waals surface area contributed by atoms with E-state index in [1.165, 1.54) is 0 Å². The quantitative estimate of drug-likeness (QED) is 0.106. The van der Waals surface area contributed by atoms with Crippen LogP contribution in [0.1, 0.15) is 157 Å². The van der Waals surface area contributed by atoms with Gasteiger partial charge in [-0.2, -0.15) is 0 Å². The van der Waals surface area contributed by atoms with Crippen LogP contribution in [0, 0.1) is 61.6 Å². The van der Waals surface area contributed by atoms with E-state index >= 15 is 0 Å². The normalized spacial score (nSPS) is 38.8. The van der Waals surface area contributed by atoms with E-state index in [2.05, 4.69) is 52.2 Å². The van der Waals surface area contributed by atoms with E-state index in [-0.39, 0.29) is 64.3 Å². The van der Waals surface area contributed by atoms with Crippen LogP contribution in [-0.2, 0) is 23.9 Å². The molecule has 0 saturated heterocycles. The molecule has 1 aromatic carbocycles. The largest absolute Gasteiger partial charge is 0.481 e. The Morgan fingerprint density at radius 1 is 0.877 bits per heavy atom. The molecule has 0 spiro atoms. The number of allylic oxidation sites excluding steroid dienone is 1. The third-order valence-corrected chi connectivity index (χ3v) is 20.7. The van der Waals surface area contributed by atoms with E-state index < -0.39 is 63.5 Å². The van der Waals surface area contributed by atoms with Gasteiger partial charge in [-0.3, -0.25) is 24.0 Å². The minimum absolute atomic E-state index is 0.0133. The molecule has 2 unspecified atom stereocenters. The molecule has 6 aliphatic carbocycles. The van der Waals surface area contributed by atoms with Gasteiger partial charge in [-0.25, -0.2) is 0 Å². The Labute approximate surface area is 391 Å². The van der Waals surface area contributed by atoms with E-state index in [1.807, 2.05) is 27.7 Å². The van der Waals surface area contributed by atoms with Crippen LogP contribution in [0.15, 0.2) is 35.4 Å². The third-order valence-electron chi connectivity index (χ3n) is 20.4. The molecular formula is C52H77ClN4O8. The number of Topliss-reactive ketones (excluding diaryl/α,β-unsaturated/α-hetero) is 1. The molecule has 1 aromatic rings. The van der Waals surface area contributed by atoms with Gasteiger partial charge in [-0.05, 0) is 151 Å². The lowest BCUT2D eigenvalue weighted by molar-refractivity contribution is -0.275. The molecule has 12 nitrogen and oxygen atoms in total. The number of amides is 2. The molecule has 12 atom stereocenters. The summed E-state index contributed by atoms with van der Waals surface area (Å²) in [6, 6.07) is 5.53. The van der Waals surface area contributed by atoms with Gasteiger partial charge in [-0.1, -0.05) is 80.8 Å². The van der Waals surface area contributed by atoms with Gasteiger partial charge in [0.25, 0.3) is 5.91 Å². The Balaban J connectivity index is 1.14. The highest BCUT2D eigenvalue weighted by Crippen LogP contribution is 2.80. The second kappa shape index (κ2) is 16.7. The van der Waals surface area contributed by atoms with Crippen molar-refractivity contribution in [2.24, 2.45) is 73.0 Å². The first-order valence-corrected chi connectivity index (χ1v) is 24.7. The summed E-state index contributed by atoms with van der Waals surface area (Å²) >= 11 is 6.04. The zero-order valence-corrected chi connectivity index (χ0v) is 41.4. The van der Waals surface area contributed by atoms with Crippen molar-refractivity contribution in [2.75, 3.05) is 13.1 Å². The van der Waals surface area contributed by atoms with Crippen LogP contribution >= 0.6 is 11.6 Å². The molecule has 360 valence electrons. The van der Waals surface area contributed by atoms with Crippen LogP contribution in [-0.4, -0.2) is 76.6 Å². The first-order chi connectivity index (χ1) is 30.1. The van der Waals surface area contributed by atoms with Crippen LogP contribution in [0.4, 0.5) is 0 Å². The third kappa shape index (κ3) is 7.17. The summed E-state index contributed by atoms with van der Waals surface area (Å²) in [6.45, 7) is 22.2. The Morgan fingerprint density at radius 3 is 2.11 bits per heavy atom. The second-order valence-corrected chi connectivity index (χ2v) is 24.1. The Bertz CT molecular complexity index is 2140. The topological polar surface area (TPSA) is 211 Å². The van der Waals surface area contributed by atoms with Gasteiger partial charge < -0.3 is 37.1 Å². The van der Waals surface area contributed by atoms with Gasteiger partial charge in [0.05, 0.1) is 17.9 Å². The molecule has 0 heterocycles. The number of esters is 1. The van der Waals surface area contributed by atoms with Crippen molar-refractivity contribution in [3.8, 4) is 0 Å². The Hall–Kier alpha value is -3.32. The Morgan fingerprint density at radius 2 is 1.51 bits per heavy atom. The Kier molecular flexibility index (Phi) is 12.8. The van der Waals surface area contributed by atoms with Crippen molar-refractivity contribution in [1.29, 1.82) is 0 Å². The number of carbonyl (C=O) groups excluding carboxylic acids is 4. The molecular weight excluding hydrogens is 844 g/mol. The van der Waals surface area contributed by atoms with Gasteiger partial charge in [0.1, 0.15) is 12.1 Å². The fraction of sp³-hybridized carbons (Fsp3) is 0.750. The lowest BCUT2D eigenvalue weighted by atomic mass is 9.28. The lowest BCUT2D eigenvalue weighted by Gasteiger charge is -2.77. The van der Waals surface area contributed by atoms with Crippen molar-refractivity contribution in [3.05, 3.63) is 46.0 Å². The molecule has 5 saturated carbocycles. The number of ether oxygens (including phenoxy) is 1. The van der Waals surface area contributed by atoms with Crippen LogP contribution in [0.2, 0.25) is 5.02 Å². The molecule has 6 aliphatic rings. The predicted molar refractivity (Wildman–Crippen MR) is 250 cm³/mol. The number of halogens is 1. The standard InChI is InChI=1S/C52H77ClN4O8/c1-29(2)39-35(58)27-51(37(59)28-56-42(61)34(12-11-25-54)57-41(60)30-13-15-31(53)16-14-30)24-23-50(10)48(8)21-22-49(9)46(5,6)38(65-44(64)33-26-32(43(62)63)45(33,3)4)18-19-47(49,7)36(48)17-20-52(50,55)40(39)51/h13-16,29,32-34,36-38,59H,11-12,17-28,54-55H2,1-10H3,(H,56,61)(H,57,60)(H,62,63)/t32-,33+,34?,36+,37-,38-,47+,48?,49-,50-,51-,52-/m0/s1. The summed E-state index contributed by atoms with van der Waals surface area (Å²) in [7, 11) is 0. The predicted octanol–water partition coefficient (Wildman–Crippen LogP) is 7.77. The smallest absolute Gasteiger partial charge is 0.309 e. The van der Waals surface area contributed by atoms with E-state index in [1.54, 1.807) is 24.3 Å². The average Bonchev–Trinajstić information content (AvgIpc) is 3.55. The van der Waals surface area contributed by atoms with Gasteiger partial charge in [0.2, 0.25) is 5.91 Å². The van der Waals surface area contributed by atoms with Gasteiger partial charge in [0.15, 0.2) is 5.78 Å². The number of fused-ring (bicyclic) bond motifs is 7. The molecule has 0 aliphatic heterocycles. The summed E-state index contributed by atoms with van der Waals surface area (Å²) in [5.74, 6) is -2.84. The van der Waals surface area contributed by atoms with Crippen molar-refractivity contribution >= 4 is 41.1 Å². The number of aliphatic hydroxyl groups excluding tert-OH is 1. The van der Waals surface area contributed by atoms with E-state index in [4.69, 9.17) is 27.8 Å². The van der Waals surface area contributed by atoms with Gasteiger partial charge in [-0.15, -0.1) is 0 Å². The molecule has 8 N–H and O–H groups in total. The molecule has 5 fully saturated rings. The molecule has 0 radical (unpaired) electrons. The van der Waals surface area contributed by atoms with Gasteiger partial charge in [0, 0.05) is 39.9 Å². The highest BCUT2D eigenvalue weighted by Gasteiger charge is 2.77. The lowest BCUT2D eigenvalue weighted by Crippen LogP contribution is -2.76. The fourth-order valence-electron chi connectivity index (χ4n) is 15.5. The number of nitrogens with one attached hydrogen (secondary N) is 2. The summed E-state index contributed by atoms with van der Waals surface area (Å²) in [5.41, 5.74) is 11.9. The number of hydrogen-bond donors (Lipinski definition) is 6. The summed E-state index contributed by atoms with van der Waals surface area (Å²) < 4.78 is 6.48. The maximum Gasteiger partial charge on any atom is 0.309 e. The van der Waals surface area contributed by atoms with Crippen molar-refractivity contribution in [1.82, 2.24) is 10.6 Å². The fourth-order valence-corrected chi connectivity index (χ4v) is 15.6. The molecule has 13 heteroatoms. The maximum absolute atomic E-state index is 14.4. The van der Waals surface area contributed by atoms with E-state index in [9.17, 15) is 34.2 Å². The number of rotatable bonds is 13. The summed E-state index contributed by atoms with van der Waals surface area (Å²) in [5, 5.41) is 28.5. The van der Waals surface area contributed by atoms with Gasteiger partial charge >= 0.3 is 11.9 Å². The number of benzene rings is 1. The minimum atomic E-state index is -1.11.